The summed E-state index contributed by atoms with van der Waals surface area (Å²) in [5, 5.41) is 2.65. The first-order chi connectivity index (χ1) is 11.4. The summed E-state index contributed by atoms with van der Waals surface area (Å²) in [5.74, 6) is -1.06. The highest BCUT2D eigenvalue weighted by atomic mass is 127. The minimum atomic E-state index is -0.561. The molecule has 7 heteroatoms. The van der Waals surface area contributed by atoms with E-state index in [1.165, 1.54) is 11.3 Å². The van der Waals surface area contributed by atoms with E-state index in [1.54, 1.807) is 12.1 Å². The number of ether oxygens (including phenoxy) is 1. The van der Waals surface area contributed by atoms with Crippen molar-refractivity contribution in [1.82, 2.24) is 0 Å². The van der Waals surface area contributed by atoms with Crippen molar-refractivity contribution < 1.29 is 19.1 Å². The van der Waals surface area contributed by atoms with Crippen LogP contribution in [0.25, 0.3) is 0 Å². The molecule has 5 nitrogen and oxygen atoms in total. The number of halogens is 1. The lowest BCUT2D eigenvalue weighted by atomic mass is 10.2. The molecule has 1 N–H and O–H groups in total. The van der Waals surface area contributed by atoms with Crippen LogP contribution in [0, 0.1) is 10.5 Å². The SMILES string of the molecule is Cc1ccc(C(=O)CCC(=O)OCC(=O)Nc2cccc(I)c2)s1. The average molecular weight is 457 g/mol. The molecule has 0 unspecified atom stereocenters. The predicted molar refractivity (Wildman–Crippen MR) is 101 cm³/mol. The van der Waals surface area contributed by atoms with Gasteiger partial charge >= 0.3 is 5.97 Å². The number of nitrogens with one attached hydrogen (secondary N) is 1. The molecule has 0 saturated heterocycles. The Morgan fingerprint density at radius 1 is 1.17 bits per heavy atom. The van der Waals surface area contributed by atoms with Crippen LogP contribution in [0.4, 0.5) is 5.69 Å². The molecule has 0 atom stereocenters. The Kier molecular flexibility index (Phi) is 6.92. The number of ketones is 1. The zero-order chi connectivity index (χ0) is 17.5. The second kappa shape index (κ2) is 8.93. The van der Waals surface area contributed by atoms with Gasteiger partial charge in [-0.15, -0.1) is 11.3 Å². The number of carbonyl (C=O) groups excluding carboxylic acids is 3. The second-order valence-electron chi connectivity index (χ2n) is 5.05. The zero-order valence-electron chi connectivity index (χ0n) is 13.0. The maximum Gasteiger partial charge on any atom is 0.306 e. The topological polar surface area (TPSA) is 72.5 Å². The van der Waals surface area contributed by atoms with Crippen molar-refractivity contribution in [3.63, 3.8) is 0 Å². The molecule has 1 heterocycles. The molecule has 0 aliphatic heterocycles. The largest absolute Gasteiger partial charge is 0.456 e. The van der Waals surface area contributed by atoms with Crippen LogP contribution in [0.2, 0.25) is 0 Å². The van der Waals surface area contributed by atoms with E-state index in [0.29, 0.717) is 10.6 Å². The monoisotopic (exact) mass is 457 g/mol. The Balaban J connectivity index is 1.71. The lowest BCUT2D eigenvalue weighted by molar-refractivity contribution is -0.147. The van der Waals surface area contributed by atoms with Gasteiger partial charge in [0.2, 0.25) is 0 Å². The van der Waals surface area contributed by atoms with E-state index in [4.69, 9.17) is 4.74 Å². The molecule has 0 aliphatic carbocycles. The first-order valence-corrected chi connectivity index (χ1v) is 9.14. The molecule has 1 aromatic heterocycles. The predicted octanol–water partition coefficient (Wildman–Crippen LogP) is 3.81. The summed E-state index contributed by atoms with van der Waals surface area (Å²) in [6.07, 6.45) is 0.0452. The minimum Gasteiger partial charge on any atom is -0.456 e. The van der Waals surface area contributed by atoms with Gasteiger partial charge in [0, 0.05) is 20.6 Å². The molecule has 0 fully saturated rings. The van der Waals surface area contributed by atoms with E-state index in [2.05, 4.69) is 27.9 Å². The lowest BCUT2D eigenvalue weighted by Crippen LogP contribution is -2.21. The Hall–Kier alpha value is -1.74. The number of amides is 1. The maximum atomic E-state index is 11.9. The highest BCUT2D eigenvalue weighted by molar-refractivity contribution is 14.1. The highest BCUT2D eigenvalue weighted by Gasteiger charge is 2.13. The molecule has 24 heavy (non-hydrogen) atoms. The third kappa shape index (κ3) is 6.04. The number of benzene rings is 1. The summed E-state index contributed by atoms with van der Waals surface area (Å²) >= 11 is 3.54. The fraction of sp³-hybridized carbons (Fsp3) is 0.235. The van der Waals surface area contributed by atoms with Crippen LogP contribution in [0.1, 0.15) is 27.4 Å². The molecule has 0 spiro atoms. The number of thiophene rings is 1. The summed E-state index contributed by atoms with van der Waals surface area (Å²) in [7, 11) is 0. The van der Waals surface area contributed by atoms with E-state index >= 15 is 0 Å². The number of esters is 1. The zero-order valence-corrected chi connectivity index (χ0v) is 16.0. The molecule has 0 bridgehead atoms. The maximum absolute atomic E-state index is 11.9. The number of aryl methyl sites for hydroxylation is 1. The number of hydrogen-bond donors (Lipinski definition) is 1. The van der Waals surface area contributed by atoms with Crippen LogP contribution < -0.4 is 5.32 Å². The van der Waals surface area contributed by atoms with Gasteiger partial charge in [0.05, 0.1) is 11.3 Å². The molecule has 0 aliphatic rings. The summed E-state index contributed by atoms with van der Waals surface area (Å²) in [4.78, 5) is 37.0. The van der Waals surface area contributed by atoms with Gasteiger partial charge in [-0.1, -0.05) is 6.07 Å². The summed E-state index contributed by atoms with van der Waals surface area (Å²) in [6, 6.07) is 10.9. The first kappa shape index (κ1) is 18.6. The van der Waals surface area contributed by atoms with E-state index in [1.807, 2.05) is 31.2 Å². The molecule has 2 aromatic rings. The number of hydrogen-bond acceptors (Lipinski definition) is 5. The molecule has 0 radical (unpaired) electrons. The van der Waals surface area contributed by atoms with Gasteiger partial charge in [0.15, 0.2) is 12.4 Å². The van der Waals surface area contributed by atoms with Gasteiger partial charge in [-0.05, 0) is 59.8 Å². The number of anilines is 1. The molecular formula is C17H16INO4S. The van der Waals surface area contributed by atoms with Crippen LogP contribution in [-0.4, -0.2) is 24.3 Å². The van der Waals surface area contributed by atoms with Crippen molar-refractivity contribution in [2.24, 2.45) is 0 Å². The van der Waals surface area contributed by atoms with Crippen molar-refractivity contribution in [3.05, 3.63) is 49.7 Å². The summed E-state index contributed by atoms with van der Waals surface area (Å²) in [5.41, 5.74) is 0.645. The van der Waals surface area contributed by atoms with Crippen LogP contribution in [0.15, 0.2) is 36.4 Å². The van der Waals surface area contributed by atoms with Crippen LogP contribution in [0.5, 0.6) is 0 Å². The normalized spacial score (nSPS) is 10.2. The molecule has 126 valence electrons. The van der Waals surface area contributed by atoms with Gasteiger partial charge in [-0.2, -0.15) is 0 Å². The summed E-state index contributed by atoms with van der Waals surface area (Å²) < 4.78 is 5.89. The quantitative estimate of drug-likeness (QED) is 0.390. The van der Waals surface area contributed by atoms with Gasteiger partial charge in [0.1, 0.15) is 0 Å². The Labute approximate surface area is 157 Å². The van der Waals surface area contributed by atoms with Crippen molar-refractivity contribution in [1.29, 1.82) is 0 Å². The van der Waals surface area contributed by atoms with E-state index in [9.17, 15) is 14.4 Å². The second-order valence-corrected chi connectivity index (χ2v) is 7.59. The van der Waals surface area contributed by atoms with E-state index in [-0.39, 0.29) is 25.2 Å². The molecule has 0 saturated carbocycles. The van der Waals surface area contributed by atoms with Crippen molar-refractivity contribution in [2.75, 3.05) is 11.9 Å². The molecular weight excluding hydrogens is 441 g/mol. The van der Waals surface area contributed by atoms with Crippen molar-refractivity contribution in [2.45, 2.75) is 19.8 Å². The van der Waals surface area contributed by atoms with E-state index in [0.717, 1.165) is 8.45 Å². The Morgan fingerprint density at radius 2 is 1.96 bits per heavy atom. The van der Waals surface area contributed by atoms with Gasteiger partial charge in [-0.25, -0.2) is 0 Å². The van der Waals surface area contributed by atoms with E-state index < -0.39 is 11.9 Å². The number of rotatable bonds is 7. The first-order valence-electron chi connectivity index (χ1n) is 7.25. The Bertz CT molecular complexity index is 757. The van der Waals surface area contributed by atoms with Crippen molar-refractivity contribution >= 4 is 57.3 Å². The third-order valence-electron chi connectivity index (χ3n) is 3.04. The average Bonchev–Trinajstić information content (AvgIpc) is 2.97. The smallest absolute Gasteiger partial charge is 0.306 e. The lowest BCUT2D eigenvalue weighted by Gasteiger charge is -2.06. The van der Waals surface area contributed by atoms with Crippen LogP contribution in [-0.2, 0) is 14.3 Å². The molecule has 1 aromatic carbocycles. The molecule has 2 rings (SSSR count). The van der Waals surface area contributed by atoms with Gasteiger partial charge in [0.25, 0.3) is 5.91 Å². The number of Topliss-reactive ketones (excluding diaryl/α,β-unsaturated/α-hetero) is 1. The van der Waals surface area contributed by atoms with Crippen LogP contribution in [0.3, 0.4) is 0 Å². The van der Waals surface area contributed by atoms with Gasteiger partial charge < -0.3 is 10.1 Å². The summed E-state index contributed by atoms with van der Waals surface area (Å²) in [6.45, 7) is 1.55. The van der Waals surface area contributed by atoms with Crippen LogP contribution >= 0.6 is 33.9 Å². The highest BCUT2D eigenvalue weighted by Crippen LogP contribution is 2.17. The molecule has 1 amide bonds. The minimum absolute atomic E-state index is 0.0354. The van der Waals surface area contributed by atoms with Crippen molar-refractivity contribution in [3.8, 4) is 0 Å². The third-order valence-corrected chi connectivity index (χ3v) is 4.76. The standard InChI is InChI=1S/C17H16INO4S/c1-11-5-7-15(24-11)14(20)6-8-17(22)23-10-16(21)19-13-4-2-3-12(18)9-13/h2-5,7,9H,6,8,10H2,1H3,(H,19,21). The fourth-order valence-corrected chi connectivity index (χ4v) is 3.28. The fourth-order valence-electron chi connectivity index (χ4n) is 1.90. The van der Waals surface area contributed by atoms with Gasteiger partial charge in [-0.3, -0.25) is 14.4 Å². The number of carbonyl (C=O) groups is 3. The Morgan fingerprint density at radius 3 is 2.62 bits per heavy atom.